The molecule has 0 saturated heterocycles. The second-order valence-electron chi connectivity index (χ2n) is 7.49. The molecule has 0 saturated carbocycles. The fraction of sp³-hybridized carbons (Fsp3) is 0.154. The van der Waals surface area contributed by atoms with E-state index < -0.39 is 0 Å². The lowest BCUT2D eigenvalue weighted by Crippen LogP contribution is -2.25. The Labute approximate surface area is 192 Å². The zero-order chi connectivity index (χ0) is 22.9. The highest BCUT2D eigenvalue weighted by Gasteiger charge is 2.14. The average Bonchev–Trinajstić information content (AvgIpc) is 2.88. The molecule has 0 atom stereocenters. The number of rotatable bonds is 9. The van der Waals surface area contributed by atoms with Crippen LogP contribution in [0.2, 0.25) is 0 Å². The standard InChI is InChI=1S/C26H25N5O2/c32-18-19-6-8-21(9-7-19)24-11-10-23(26(33)30-17-20-4-3-13-27-16-20)25(31-24)29-15-12-22-5-1-2-14-28-22/h1-11,13-14,16,32H,12,15,17-18H2,(H,29,31)(H,30,33). The number of nitrogens with zero attached hydrogens (tertiary/aromatic N) is 3. The average molecular weight is 440 g/mol. The molecule has 0 aliphatic rings. The molecule has 0 radical (unpaired) electrons. The van der Waals surface area contributed by atoms with Crippen molar-refractivity contribution < 1.29 is 9.90 Å². The molecule has 3 aromatic heterocycles. The van der Waals surface area contributed by atoms with Crippen molar-refractivity contribution in [1.82, 2.24) is 20.3 Å². The summed E-state index contributed by atoms with van der Waals surface area (Å²) in [4.78, 5) is 26.1. The molecule has 0 unspecified atom stereocenters. The number of aliphatic hydroxyl groups excluding tert-OH is 1. The van der Waals surface area contributed by atoms with Crippen LogP contribution in [0.5, 0.6) is 0 Å². The van der Waals surface area contributed by atoms with Gasteiger partial charge in [0.2, 0.25) is 0 Å². The van der Waals surface area contributed by atoms with E-state index in [9.17, 15) is 9.90 Å². The molecule has 4 aromatic rings. The summed E-state index contributed by atoms with van der Waals surface area (Å²) in [6, 6.07) is 20.7. The molecular formula is C26H25N5O2. The summed E-state index contributed by atoms with van der Waals surface area (Å²) in [7, 11) is 0. The molecule has 0 spiro atoms. The number of amides is 1. The Morgan fingerprint density at radius 1 is 0.909 bits per heavy atom. The topological polar surface area (TPSA) is 100 Å². The Balaban J connectivity index is 1.54. The lowest BCUT2D eigenvalue weighted by Gasteiger charge is -2.13. The summed E-state index contributed by atoms with van der Waals surface area (Å²) in [5.74, 6) is 0.298. The van der Waals surface area contributed by atoms with Crippen LogP contribution in [0.4, 0.5) is 5.82 Å². The van der Waals surface area contributed by atoms with Crippen LogP contribution in [0.25, 0.3) is 11.3 Å². The van der Waals surface area contributed by atoms with Crippen molar-refractivity contribution in [3.8, 4) is 11.3 Å². The molecule has 1 aromatic carbocycles. The molecule has 0 aliphatic carbocycles. The number of carbonyl (C=O) groups excluding carboxylic acids is 1. The van der Waals surface area contributed by atoms with Gasteiger partial charge in [-0.1, -0.05) is 36.4 Å². The van der Waals surface area contributed by atoms with E-state index in [2.05, 4.69) is 20.6 Å². The summed E-state index contributed by atoms with van der Waals surface area (Å²) in [6.45, 7) is 0.953. The number of hydrogen-bond acceptors (Lipinski definition) is 6. The van der Waals surface area contributed by atoms with Gasteiger partial charge in [-0.25, -0.2) is 4.98 Å². The Kier molecular flexibility index (Phi) is 7.35. The molecule has 1 amide bonds. The minimum Gasteiger partial charge on any atom is -0.392 e. The molecule has 3 N–H and O–H groups in total. The number of aliphatic hydroxyl groups is 1. The predicted molar refractivity (Wildman–Crippen MR) is 127 cm³/mol. The van der Waals surface area contributed by atoms with Crippen molar-refractivity contribution in [2.24, 2.45) is 0 Å². The molecule has 7 heteroatoms. The van der Waals surface area contributed by atoms with Gasteiger partial charge >= 0.3 is 0 Å². The number of hydrogen-bond donors (Lipinski definition) is 3. The summed E-state index contributed by atoms with van der Waals surface area (Å²) in [5.41, 5.74) is 4.83. The third-order valence-electron chi connectivity index (χ3n) is 5.15. The minimum atomic E-state index is -0.214. The zero-order valence-corrected chi connectivity index (χ0v) is 18.1. The first-order valence-corrected chi connectivity index (χ1v) is 10.7. The van der Waals surface area contributed by atoms with E-state index in [4.69, 9.17) is 4.98 Å². The smallest absolute Gasteiger partial charge is 0.255 e. The predicted octanol–water partition coefficient (Wildman–Crippen LogP) is 3.62. The first-order chi connectivity index (χ1) is 16.2. The molecule has 0 fully saturated rings. The van der Waals surface area contributed by atoms with Crippen molar-refractivity contribution in [3.05, 3.63) is 108 Å². The third-order valence-corrected chi connectivity index (χ3v) is 5.15. The lowest BCUT2D eigenvalue weighted by molar-refractivity contribution is 0.0951. The Morgan fingerprint density at radius 3 is 2.52 bits per heavy atom. The maximum atomic E-state index is 13.0. The molecule has 33 heavy (non-hydrogen) atoms. The number of carbonyl (C=O) groups is 1. The SMILES string of the molecule is O=C(NCc1cccnc1)c1ccc(-c2ccc(CO)cc2)nc1NCCc1ccccn1. The van der Waals surface area contributed by atoms with Gasteiger partial charge in [-0.3, -0.25) is 14.8 Å². The van der Waals surface area contributed by atoms with E-state index in [1.807, 2.05) is 60.7 Å². The summed E-state index contributed by atoms with van der Waals surface area (Å²) in [6.07, 6.45) is 5.89. The maximum Gasteiger partial charge on any atom is 0.255 e. The van der Waals surface area contributed by atoms with Crippen molar-refractivity contribution >= 4 is 11.7 Å². The van der Waals surface area contributed by atoms with E-state index in [1.54, 1.807) is 24.7 Å². The molecule has 0 aliphatic heterocycles. The fourth-order valence-electron chi connectivity index (χ4n) is 3.35. The summed E-state index contributed by atoms with van der Waals surface area (Å²) in [5, 5.41) is 15.5. The van der Waals surface area contributed by atoms with Gasteiger partial charge in [-0.05, 0) is 41.5 Å². The molecule has 0 bridgehead atoms. The molecule has 166 valence electrons. The quantitative estimate of drug-likeness (QED) is 0.368. The Hall–Kier alpha value is -4.10. The summed E-state index contributed by atoms with van der Waals surface area (Å²) >= 11 is 0. The van der Waals surface area contributed by atoms with Crippen molar-refractivity contribution in [3.63, 3.8) is 0 Å². The van der Waals surface area contributed by atoms with Crippen molar-refractivity contribution in [1.29, 1.82) is 0 Å². The van der Waals surface area contributed by atoms with Gasteiger partial charge in [-0.2, -0.15) is 0 Å². The van der Waals surface area contributed by atoms with Gasteiger partial charge in [-0.15, -0.1) is 0 Å². The molecule has 3 heterocycles. The number of anilines is 1. The van der Waals surface area contributed by atoms with Crippen molar-refractivity contribution in [2.75, 3.05) is 11.9 Å². The van der Waals surface area contributed by atoms with Crippen LogP contribution in [0.15, 0.2) is 85.3 Å². The number of nitrogens with one attached hydrogen (secondary N) is 2. The zero-order valence-electron chi connectivity index (χ0n) is 18.1. The minimum absolute atomic E-state index is 0.00984. The van der Waals surface area contributed by atoms with Crippen molar-refractivity contribution in [2.45, 2.75) is 19.6 Å². The van der Waals surface area contributed by atoms with Gasteiger partial charge < -0.3 is 15.7 Å². The Morgan fingerprint density at radius 2 is 1.79 bits per heavy atom. The van der Waals surface area contributed by atoms with E-state index in [0.29, 0.717) is 30.9 Å². The van der Waals surface area contributed by atoms with Crippen LogP contribution < -0.4 is 10.6 Å². The normalized spacial score (nSPS) is 10.6. The van der Waals surface area contributed by atoms with E-state index in [0.717, 1.165) is 28.1 Å². The lowest BCUT2D eigenvalue weighted by atomic mass is 10.1. The monoisotopic (exact) mass is 439 g/mol. The van der Waals surface area contributed by atoms with Crippen LogP contribution in [-0.4, -0.2) is 32.5 Å². The van der Waals surface area contributed by atoms with Gasteiger partial charge in [0, 0.05) is 49.4 Å². The van der Waals surface area contributed by atoms with Crippen LogP contribution in [0.3, 0.4) is 0 Å². The Bertz CT molecular complexity index is 1180. The van der Waals surface area contributed by atoms with E-state index in [1.165, 1.54) is 0 Å². The number of benzene rings is 1. The van der Waals surface area contributed by atoms with Crippen LogP contribution in [-0.2, 0) is 19.6 Å². The molecule has 7 nitrogen and oxygen atoms in total. The first kappa shape index (κ1) is 22.1. The number of aromatic nitrogens is 3. The molecule has 4 rings (SSSR count). The van der Waals surface area contributed by atoms with Crippen LogP contribution in [0.1, 0.15) is 27.2 Å². The third kappa shape index (κ3) is 5.99. The molecular weight excluding hydrogens is 414 g/mol. The number of pyridine rings is 3. The fourth-order valence-corrected chi connectivity index (χ4v) is 3.35. The highest BCUT2D eigenvalue weighted by molar-refractivity contribution is 5.99. The van der Waals surface area contributed by atoms with Crippen LogP contribution >= 0.6 is 0 Å². The van der Waals surface area contributed by atoms with E-state index >= 15 is 0 Å². The van der Waals surface area contributed by atoms with Gasteiger partial charge in [0.25, 0.3) is 5.91 Å². The maximum absolute atomic E-state index is 13.0. The highest BCUT2D eigenvalue weighted by atomic mass is 16.3. The first-order valence-electron chi connectivity index (χ1n) is 10.7. The largest absolute Gasteiger partial charge is 0.392 e. The highest BCUT2D eigenvalue weighted by Crippen LogP contribution is 2.23. The van der Waals surface area contributed by atoms with Gasteiger partial charge in [0.15, 0.2) is 0 Å². The second-order valence-corrected chi connectivity index (χ2v) is 7.49. The van der Waals surface area contributed by atoms with E-state index in [-0.39, 0.29) is 12.5 Å². The summed E-state index contributed by atoms with van der Waals surface area (Å²) < 4.78 is 0. The second kappa shape index (κ2) is 11.0. The van der Waals surface area contributed by atoms with Crippen LogP contribution in [0, 0.1) is 0 Å². The van der Waals surface area contributed by atoms with Gasteiger partial charge in [0.1, 0.15) is 5.82 Å². The van der Waals surface area contributed by atoms with Gasteiger partial charge in [0.05, 0.1) is 17.9 Å².